The SMILES string of the molecule is CCC(=O)C(=O)OCCCOS(=O)O. The molecule has 14 heavy (non-hydrogen) atoms. The first-order chi connectivity index (χ1) is 6.57. The van der Waals surface area contributed by atoms with E-state index in [1.54, 1.807) is 6.92 Å². The van der Waals surface area contributed by atoms with Crippen molar-refractivity contribution >= 4 is 23.1 Å². The number of ether oxygens (including phenoxy) is 1. The summed E-state index contributed by atoms with van der Waals surface area (Å²) in [5.74, 6) is -1.46. The van der Waals surface area contributed by atoms with Crippen molar-refractivity contribution in [3.05, 3.63) is 0 Å². The second-order valence-corrected chi connectivity index (χ2v) is 2.98. The summed E-state index contributed by atoms with van der Waals surface area (Å²) in [7, 11) is 0. The van der Waals surface area contributed by atoms with Crippen molar-refractivity contribution in [2.24, 2.45) is 0 Å². The smallest absolute Gasteiger partial charge is 0.374 e. The van der Waals surface area contributed by atoms with Crippen LogP contribution in [0.2, 0.25) is 0 Å². The number of hydrogen-bond acceptors (Lipinski definition) is 5. The van der Waals surface area contributed by atoms with Crippen LogP contribution < -0.4 is 0 Å². The predicted molar refractivity (Wildman–Crippen MR) is 47.6 cm³/mol. The first-order valence-corrected chi connectivity index (χ1v) is 5.05. The van der Waals surface area contributed by atoms with Crippen LogP contribution in [-0.2, 0) is 29.9 Å². The van der Waals surface area contributed by atoms with Crippen LogP contribution in [0, 0.1) is 0 Å². The van der Waals surface area contributed by atoms with Gasteiger partial charge in [0.2, 0.25) is 5.78 Å². The zero-order chi connectivity index (χ0) is 11.0. The fourth-order valence-electron chi connectivity index (χ4n) is 0.579. The predicted octanol–water partition coefficient (Wildman–Crippen LogP) is 0.0521. The van der Waals surface area contributed by atoms with E-state index < -0.39 is 23.1 Å². The summed E-state index contributed by atoms with van der Waals surface area (Å²) < 4.78 is 26.9. The Bertz CT molecular complexity index is 226. The molecule has 1 atom stereocenters. The van der Waals surface area contributed by atoms with Crippen molar-refractivity contribution in [3.63, 3.8) is 0 Å². The maximum Gasteiger partial charge on any atom is 0.374 e. The van der Waals surface area contributed by atoms with Crippen LogP contribution in [0.15, 0.2) is 0 Å². The Morgan fingerprint density at radius 2 is 2.00 bits per heavy atom. The highest BCUT2D eigenvalue weighted by atomic mass is 32.2. The Morgan fingerprint density at radius 3 is 2.50 bits per heavy atom. The Labute approximate surface area is 84.1 Å². The first kappa shape index (κ1) is 13.2. The van der Waals surface area contributed by atoms with E-state index in [2.05, 4.69) is 8.92 Å². The lowest BCUT2D eigenvalue weighted by molar-refractivity contribution is -0.153. The van der Waals surface area contributed by atoms with E-state index in [0.717, 1.165) is 0 Å². The molecule has 0 aliphatic rings. The molecule has 0 amide bonds. The molecule has 0 spiro atoms. The van der Waals surface area contributed by atoms with E-state index in [4.69, 9.17) is 4.55 Å². The molecule has 7 heteroatoms. The van der Waals surface area contributed by atoms with Crippen molar-refractivity contribution in [2.45, 2.75) is 19.8 Å². The molecule has 1 unspecified atom stereocenters. The summed E-state index contributed by atoms with van der Waals surface area (Å²) in [6, 6.07) is 0. The van der Waals surface area contributed by atoms with E-state index >= 15 is 0 Å². The van der Waals surface area contributed by atoms with Gasteiger partial charge in [-0.2, -0.15) is 4.21 Å². The third-order valence-electron chi connectivity index (χ3n) is 1.25. The molecule has 0 saturated carbocycles. The molecular weight excluding hydrogens is 212 g/mol. The second kappa shape index (κ2) is 7.60. The minimum atomic E-state index is -2.30. The first-order valence-electron chi connectivity index (χ1n) is 4.02. The molecule has 0 aromatic heterocycles. The minimum Gasteiger partial charge on any atom is -0.460 e. The number of rotatable bonds is 7. The van der Waals surface area contributed by atoms with Gasteiger partial charge >= 0.3 is 17.3 Å². The Morgan fingerprint density at radius 1 is 1.36 bits per heavy atom. The molecule has 0 radical (unpaired) electrons. The van der Waals surface area contributed by atoms with Gasteiger partial charge in [0.25, 0.3) is 0 Å². The standard InChI is InChI=1S/C7H12O6S/c1-2-6(8)7(9)12-4-3-5-13-14(10)11/h2-5H2,1H3,(H,10,11). The van der Waals surface area contributed by atoms with Crippen LogP contribution >= 0.6 is 0 Å². The summed E-state index contributed by atoms with van der Waals surface area (Å²) in [4.78, 5) is 21.4. The lowest BCUT2D eigenvalue weighted by Crippen LogP contribution is -2.17. The average Bonchev–Trinajstić information content (AvgIpc) is 2.15. The highest BCUT2D eigenvalue weighted by Crippen LogP contribution is 1.90. The van der Waals surface area contributed by atoms with E-state index in [9.17, 15) is 13.8 Å². The van der Waals surface area contributed by atoms with Crippen LogP contribution in [0.3, 0.4) is 0 Å². The number of hydrogen-bond donors (Lipinski definition) is 1. The van der Waals surface area contributed by atoms with Crippen molar-refractivity contribution in [1.29, 1.82) is 0 Å². The Hall–Kier alpha value is -0.790. The molecule has 0 bridgehead atoms. The number of carbonyl (C=O) groups excluding carboxylic acids is 2. The van der Waals surface area contributed by atoms with Crippen LogP contribution in [-0.4, -0.2) is 33.7 Å². The molecule has 1 N–H and O–H groups in total. The van der Waals surface area contributed by atoms with Crippen LogP contribution in [0.1, 0.15) is 19.8 Å². The van der Waals surface area contributed by atoms with Crippen molar-refractivity contribution in [1.82, 2.24) is 0 Å². The highest BCUT2D eigenvalue weighted by molar-refractivity contribution is 7.74. The summed E-state index contributed by atoms with van der Waals surface area (Å²) in [5.41, 5.74) is 0. The monoisotopic (exact) mass is 224 g/mol. The van der Waals surface area contributed by atoms with Gasteiger partial charge in [-0.1, -0.05) is 6.92 Å². The van der Waals surface area contributed by atoms with Gasteiger partial charge < -0.3 is 4.74 Å². The van der Waals surface area contributed by atoms with Gasteiger partial charge in [-0.05, 0) is 0 Å². The highest BCUT2D eigenvalue weighted by Gasteiger charge is 2.11. The van der Waals surface area contributed by atoms with Crippen LogP contribution in [0.5, 0.6) is 0 Å². The minimum absolute atomic E-state index is 0.00176. The molecule has 0 heterocycles. The van der Waals surface area contributed by atoms with E-state index in [-0.39, 0.29) is 26.1 Å². The molecule has 0 fully saturated rings. The second-order valence-electron chi connectivity index (χ2n) is 2.31. The number of ketones is 1. The molecule has 0 aliphatic carbocycles. The normalized spacial score (nSPS) is 12.1. The van der Waals surface area contributed by atoms with E-state index in [0.29, 0.717) is 0 Å². The topological polar surface area (TPSA) is 89.9 Å². The van der Waals surface area contributed by atoms with Gasteiger partial charge in [-0.15, -0.1) is 0 Å². The Kier molecular flexibility index (Phi) is 7.17. The molecule has 0 aromatic carbocycles. The lowest BCUT2D eigenvalue weighted by atomic mass is 10.3. The van der Waals surface area contributed by atoms with E-state index in [1.807, 2.05) is 0 Å². The van der Waals surface area contributed by atoms with Crippen molar-refractivity contribution in [2.75, 3.05) is 13.2 Å². The molecule has 82 valence electrons. The van der Waals surface area contributed by atoms with Gasteiger partial charge in [0.05, 0.1) is 13.2 Å². The largest absolute Gasteiger partial charge is 0.460 e. The van der Waals surface area contributed by atoms with Crippen molar-refractivity contribution < 1.29 is 27.3 Å². The molecular formula is C7H12O6S. The summed E-state index contributed by atoms with van der Waals surface area (Å²) >= 11 is -2.30. The third-order valence-corrected chi connectivity index (χ3v) is 1.62. The zero-order valence-electron chi connectivity index (χ0n) is 7.73. The summed E-state index contributed by atoms with van der Waals surface area (Å²) in [5, 5.41) is 0. The Balaban J connectivity index is 3.41. The summed E-state index contributed by atoms with van der Waals surface area (Å²) in [6.07, 6.45) is 0.380. The van der Waals surface area contributed by atoms with E-state index in [1.165, 1.54) is 0 Å². The maximum absolute atomic E-state index is 10.7. The number of esters is 1. The fraction of sp³-hybridized carbons (Fsp3) is 0.714. The quantitative estimate of drug-likeness (QED) is 0.284. The number of Topliss-reactive ketones (excluding diaryl/α,β-unsaturated/α-hetero) is 1. The van der Waals surface area contributed by atoms with Gasteiger partial charge in [0.15, 0.2) is 0 Å². The molecule has 6 nitrogen and oxygen atoms in total. The lowest BCUT2D eigenvalue weighted by Gasteiger charge is -2.01. The molecule has 0 rings (SSSR count). The van der Waals surface area contributed by atoms with Gasteiger partial charge in [-0.25, -0.2) is 4.79 Å². The van der Waals surface area contributed by atoms with Crippen molar-refractivity contribution in [3.8, 4) is 0 Å². The maximum atomic E-state index is 10.7. The zero-order valence-corrected chi connectivity index (χ0v) is 8.54. The van der Waals surface area contributed by atoms with Gasteiger partial charge in [0, 0.05) is 12.8 Å². The van der Waals surface area contributed by atoms with Crippen LogP contribution in [0.4, 0.5) is 0 Å². The number of carbonyl (C=O) groups is 2. The van der Waals surface area contributed by atoms with Crippen LogP contribution in [0.25, 0.3) is 0 Å². The fourth-order valence-corrected chi connectivity index (χ4v) is 0.839. The van der Waals surface area contributed by atoms with Gasteiger partial charge in [0.1, 0.15) is 0 Å². The third kappa shape index (κ3) is 6.70. The average molecular weight is 224 g/mol. The molecule has 0 aliphatic heterocycles. The molecule has 0 saturated heterocycles. The van der Waals surface area contributed by atoms with Gasteiger partial charge in [-0.3, -0.25) is 13.5 Å². The molecule has 0 aromatic rings. The summed E-state index contributed by atoms with van der Waals surface area (Å²) in [6.45, 7) is 1.56.